The minimum absolute atomic E-state index is 0. The van der Waals surface area contributed by atoms with E-state index in [0.717, 1.165) is 17.2 Å². The van der Waals surface area contributed by atoms with Crippen LogP contribution in [0.25, 0.3) is 0 Å². The fraction of sp³-hybridized carbons (Fsp3) is 0.500. The lowest BCUT2D eigenvalue weighted by Gasteiger charge is -2.22. The number of hydrogen-bond acceptors (Lipinski definition) is 3. The molecule has 0 aliphatic rings. The third-order valence-corrected chi connectivity index (χ3v) is 4.21. The summed E-state index contributed by atoms with van der Waals surface area (Å²) in [6, 6.07) is 5.00. The van der Waals surface area contributed by atoms with E-state index in [1.807, 2.05) is 42.9 Å². The number of guanidine groups is 1. The quantitative estimate of drug-likeness (QED) is 0.354. The molecule has 1 N–H and O–H groups in total. The van der Waals surface area contributed by atoms with E-state index in [4.69, 9.17) is 4.74 Å². The fourth-order valence-corrected chi connectivity index (χ4v) is 2.99. The van der Waals surface area contributed by atoms with Crippen LogP contribution in [0.1, 0.15) is 43.5 Å². The van der Waals surface area contributed by atoms with E-state index in [1.165, 1.54) is 11.6 Å². The summed E-state index contributed by atoms with van der Waals surface area (Å²) in [5.41, 5.74) is 3.09. The topological polar surface area (TPSA) is 54.7 Å². The molecule has 1 aromatic carbocycles. The van der Waals surface area contributed by atoms with Crippen LogP contribution in [0.5, 0.6) is 5.75 Å². The summed E-state index contributed by atoms with van der Waals surface area (Å²) >= 11 is 0. The van der Waals surface area contributed by atoms with Gasteiger partial charge in [-0.1, -0.05) is 19.9 Å². The first-order chi connectivity index (χ1) is 12.8. The molecule has 0 saturated heterocycles. The predicted octanol–water partition coefficient (Wildman–Crippen LogP) is 3.91. The van der Waals surface area contributed by atoms with Crippen LogP contribution < -0.4 is 10.1 Å². The van der Waals surface area contributed by atoms with Crippen molar-refractivity contribution >= 4 is 29.9 Å². The minimum atomic E-state index is -0.351. The van der Waals surface area contributed by atoms with Crippen LogP contribution in [0.4, 0.5) is 4.39 Å². The molecule has 28 heavy (non-hydrogen) atoms. The summed E-state index contributed by atoms with van der Waals surface area (Å²) in [6.07, 6.45) is 2.04. The zero-order chi connectivity index (χ0) is 20.0. The van der Waals surface area contributed by atoms with Gasteiger partial charge in [0.15, 0.2) is 17.5 Å². The molecule has 2 rings (SSSR count). The average Bonchev–Trinajstić information content (AvgIpc) is 2.98. The molecule has 0 unspecified atom stereocenters. The van der Waals surface area contributed by atoms with E-state index in [1.54, 1.807) is 13.1 Å². The smallest absolute Gasteiger partial charge is 0.193 e. The highest BCUT2D eigenvalue weighted by Gasteiger charge is 2.15. The predicted molar refractivity (Wildman–Crippen MR) is 122 cm³/mol. The number of aromatic nitrogens is 2. The third kappa shape index (κ3) is 6.35. The SMILES string of the molecule is CCOc1ccc(CNC(=NC)N(C)Cc2cn(C)nc2C(C)C)cc1F.I. The normalized spacial score (nSPS) is 11.4. The summed E-state index contributed by atoms with van der Waals surface area (Å²) < 4.78 is 21.1. The maximum atomic E-state index is 14.0. The van der Waals surface area contributed by atoms with Crippen LogP contribution >= 0.6 is 24.0 Å². The number of aryl methyl sites for hydroxylation is 1. The minimum Gasteiger partial charge on any atom is -0.491 e. The number of hydrogen-bond donors (Lipinski definition) is 1. The summed E-state index contributed by atoms with van der Waals surface area (Å²) in [6.45, 7) is 7.72. The van der Waals surface area contributed by atoms with E-state index in [-0.39, 0.29) is 35.5 Å². The van der Waals surface area contributed by atoms with Crippen LogP contribution in [0.15, 0.2) is 29.4 Å². The van der Waals surface area contributed by atoms with E-state index in [9.17, 15) is 4.39 Å². The Balaban J connectivity index is 0.00000392. The van der Waals surface area contributed by atoms with Gasteiger partial charge in [0.1, 0.15) is 0 Å². The number of ether oxygens (including phenoxy) is 1. The van der Waals surface area contributed by atoms with E-state index < -0.39 is 0 Å². The second-order valence-corrected chi connectivity index (χ2v) is 6.82. The Morgan fingerprint density at radius 1 is 1.39 bits per heavy atom. The van der Waals surface area contributed by atoms with Crippen molar-refractivity contribution < 1.29 is 9.13 Å². The Morgan fingerprint density at radius 3 is 2.68 bits per heavy atom. The molecule has 6 nitrogen and oxygen atoms in total. The van der Waals surface area contributed by atoms with Gasteiger partial charge in [-0.15, -0.1) is 24.0 Å². The van der Waals surface area contributed by atoms with Crippen molar-refractivity contribution in [2.75, 3.05) is 20.7 Å². The van der Waals surface area contributed by atoms with Gasteiger partial charge in [0.25, 0.3) is 0 Å². The molecule has 0 aliphatic carbocycles. The maximum absolute atomic E-state index is 14.0. The lowest BCUT2D eigenvalue weighted by atomic mass is 10.1. The van der Waals surface area contributed by atoms with Crippen LogP contribution in [0, 0.1) is 5.82 Å². The first-order valence-corrected chi connectivity index (χ1v) is 9.21. The molecule has 0 fully saturated rings. The van der Waals surface area contributed by atoms with Crippen molar-refractivity contribution in [1.29, 1.82) is 0 Å². The van der Waals surface area contributed by atoms with Crippen molar-refractivity contribution in [2.45, 2.75) is 39.8 Å². The largest absolute Gasteiger partial charge is 0.491 e. The van der Waals surface area contributed by atoms with Crippen LogP contribution in [-0.2, 0) is 20.1 Å². The van der Waals surface area contributed by atoms with Crippen molar-refractivity contribution in [1.82, 2.24) is 20.0 Å². The van der Waals surface area contributed by atoms with Crippen molar-refractivity contribution in [2.24, 2.45) is 12.0 Å². The molecule has 1 heterocycles. The summed E-state index contributed by atoms with van der Waals surface area (Å²) in [5, 5.41) is 7.83. The molecule has 0 atom stereocenters. The molecular weight excluding hydrogens is 472 g/mol. The molecule has 8 heteroatoms. The van der Waals surface area contributed by atoms with E-state index in [0.29, 0.717) is 25.6 Å². The Morgan fingerprint density at radius 2 is 2.11 bits per heavy atom. The molecule has 0 radical (unpaired) electrons. The summed E-state index contributed by atoms with van der Waals surface area (Å²) in [5.74, 6) is 1.02. The summed E-state index contributed by atoms with van der Waals surface area (Å²) in [7, 11) is 5.65. The highest BCUT2D eigenvalue weighted by Crippen LogP contribution is 2.19. The first-order valence-electron chi connectivity index (χ1n) is 9.21. The lowest BCUT2D eigenvalue weighted by molar-refractivity contribution is 0.321. The zero-order valence-electron chi connectivity index (χ0n) is 17.5. The lowest BCUT2D eigenvalue weighted by Crippen LogP contribution is -2.38. The highest BCUT2D eigenvalue weighted by molar-refractivity contribution is 14.0. The summed E-state index contributed by atoms with van der Waals surface area (Å²) in [4.78, 5) is 6.37. The molecule has 0 saturated carbocycles. The van der Waals surface area contributed by atoms with Gasteiger partial charge in [0, 0.05) is 46.0 Å². The number of benzene rings is 1. The number of nitrogens with one attached hydrogen (secondary N) is 1. The van der Waals surface area contributed by atoms with Gasteiger partial charge in [0.05, 0.1) is 12.3 Å². The molecule has 0 spiro atoms. The third-order valence-electron chi connectivity index (χ3n) is 4.21. The van der Waals surface area contributed by atoms with Crippen LogP contribution in [0.2, 0.25) is 0 Å². The number of halogens is 2. The Hall–Kier alpha value is -1.84. The molecule has 156 valence electrons. The van der Waals surface area contributed by atoms with Gasteiger partial charge in [0.2, 0.25) is 0 Å². The Kier molecular flexibility index (Phi) is 9.71. The number of rotatable bonds is 7. The highest BCUT2D eigenvalue weighted by atomic mass is 127. The van der Waals surface area contributed by atoms with Gasteiger partial charge in [-0.25, -0.2) is 4.39 Å². The van der Waals surface area contributed by atoms with E-state index >= 15 is 0 Å². The van der Waals surface area contributed by atoms with Crippen LogP contribution in [0.3, 0.4) is 0 Å². The zero-order valence-corrected chi connectivity index (χ0v) is 19.8. The van der Waals surface area contributed by atoms with Crippen molar-refractivity contribution in [3.63, 3.8) is 0 Å². The Bertz CT molecular complexity index is 791. The van der Waals surface area contributed by atoms with Gasteiger partial charge >= 0.3 is 0 Å². The second kappa shape index (κ2) is 11.2. The number of aliphatic imine (C=N–C) groups is 1. The molecule has 0 amide bonds. The van der Waals surface area contributed by atoms with Gasteiger partial charge < -0.3 is 15.0 Å². The van der Waals surface area contributed by atoms with E-state index in [2.05, 4.69) is 29.3 Å². The van der Waals surface area contributed by atoms with Gasteiger partial charge in [-0.2, -0.15) is 5.10 Å². The van der Waals surface area contributed by atoms with Gasteiger partial charge in [-0.3, -0.25) is 9.67 Å². The first kappa shape index (κ1) is 24.2. The molecule has 2 aromatic rings. The van der Waals surface area contributed by atoms with Gasteiger partial charge in [-0.05, 0) is 30.5 Å². The molecular formula is C20H31FIN5O. The maximum Gasteiger partial charge on any atom is 0.193 e. The van der Waals surface area contributed by atoms with Crippen molar-refractivity contribution in [3.8, 4) is 5.75 Å². The monoisotopic (exact) mass is 503 g/mol. The molecule has 1 aromatic heterocycles. The Labute approximate surface area is 184 Å². The molecule has 0 aliphatic heterocycles. The average molecular weight is 503 g/mol. The van der Waals surface area contributed by atoms with Crippen molar-refractivity contribution in [3.05, 3.63) is 47.0 Å². The number of nitrogens with zero attached hydrogens (tertiary/aromatic N) is 4. The standard InChI is InChI=1S/C20H30FN5O.HI/c1-7-27-18-9-8-15(10-17(18)21)11-23-20(22-4)25(5)12-16-13-26(6)24-19(16)14(2)3;/h8-10,13-14H,7,11-12H2,1-6H3,(H,22,23);1H. The van der Waals surface area contributed by atoms with Crippen LogP contribution in [-0.4, -0.2) is 41.3 Å². The fourth-order valence-electron chi connectivity index (χ4n) is 2.99. The molecule has 0 bridgehead atoms. The second-order valence-electron chi connectivity index (χ2n) is 6.82.